The lowest BCUT2D eigenvalue weighted by atomic mass is 9.98. The molecule has 4 aromatic rings. The number of hydrogen-bond donors (Lipinski definition) is 3. The molecular formula is C31H35N5O5. The predicted molar refractivity (Wildman–Crippen MR) is 155 cm³/mol. The quantitative estimate of drug-likeness (QED) is 0.270. The molecule has 3 aromatic carbocycles. The Morgan fingerprint density at radius 2 is 1.66 bits per heavy atom. The third-order valence-corrected chi connectivity index (χ3v) is 7.26. The molecule has 2 heterocycles. The van der Waals surface area contributed by atoms with Crippen molar-refractivity contribution in [2.24, 2.45) is 0 Å². The van der Waals surface area contributed by atoms with Crippen LogP contribution in [-0.2, 0) is 19.6 Å². The van der Waals surface area contributed by atoms with Gasteiger partial charge in [-0.2, -0.15) is 0 Å². The largest absolute Gasteiger partial charge is 0.508 e. The molecule has 0 aliphatic carbocycles. The highest BCUT2D eigenvalue weighted by Crippen LogP contribution is 2.39. The van der Waals surface area contributed by atoms with Gasteiger partial charge >= 0.3 is 0 Å². The van der Waals surface area contributed by atoms with Gasteiger partial charge in [0, 0.05) is 44.0 Å². The fourth-order valence-corrected chi connectivity index (χ4v) is 5.24. The number of rotatable bonds is 9. The number of aromatic nitrogens is 3. The van der Waals surface area contributed by atoms with Gasteiger partial charge in [-0.3, -0.25) is 14.3 Å². The molecule has 1 aromatic heterocycles. The molecule has 214 valence electrons. The third kappa shape index (κ3) is 5.55. The molecule has 0 radical (unpaired) electrons. The molecule has 0 spiro atoms. The van der Waals surface area contributed by atoms with Gasteiger partial charge in [0.15, 0.2) is 5.82 Å². The maximum absolute atomic E-state index is 13.0. The number of phenols is 2. The molecule has 0 unspecified atom stereocenters. The number of fused-ring (bicyclic) bond motifs is 1. The van der Waals surface area contributed by atoms with Gasteiger partial charge < -0.3 is 25.0 Å². The molecule has 1 aliphatic heterocycles. The summed E-state index contributed by atoms with van der Waals surface area (Å²) in [5.74, 6) is 1.39. The zero-order valence-electron chi connectivity index (χ0n) is 23.9. The van der Waals surface area contributed by atoms with Crippen molar-refractivity contribution in [1.82, 2.24) is 25.0 Å². The summed E-state index contributed by atoms with van der Waals surface area (Å²) in [5.41, 5.74) is 5.13. The van der Waals surface area contributed by atoms with Crippen molar-refractivity contribution in [2.75, 3.05) is 20.8 Å². The summed E-state index contributed by atoms with van der Waals surface area (Å²) in [6.45, 7) is 8.35. The van der Waals surface area contributed by atoms with Crippen LogP contribution in [0.25, 0.3) is 17.1 Å². The number of hydrogen-bond acceptors (Lipinski definition) is 8. The second kappa shape index (κ2) is 11.5. The minimum atomic E-state index is -0.373. The number of carbonyl (C=O) groups is 1. The number of carbonyl (C=O) groups excluding carboxylic acids is 1. The number of nitrogens with zero attached hydrogens (tertiary/aromatic N) is 4. The molecule has 0 bridgehead atoms. The lowest BCUT2D eigenvalue weighted by Crippen LogP contribution is -2.26. The molecule has 1 amide bonds. The highest BCUT2D eigenvalue weighted by Gasteiger charge is 2.26. The van der Waals surface area contributed by atoms with E-state index in [1.54, 1.807) is 24.9 Å². The Bertz CT molecular complexity index is 1570. The molecular weight excluding hydrogens is 522 g/mol. The van der Waals surface area contributed by atoms with E-state index in [1.807, 2.05) is 51.1 Å². The number of ether oxygens (including phenoxy) is 2. The van der Waals surface area contributed by atoms with Gasteiger partial charge in [0.25, 0.3) is 5.91 Å². The maximum atomic E-state index is 13.0. The van der Waals surface area contributed by atoms with Crippen molar-refractivity contribution < 1.29 is 24.5 Å². The first kappa shape index (κ1) is 28.0. The molecule has 3 N–H and O–H groups in total. The number of methoxy groups -OCH3 is 2. The van der Waals surface area contributed by atoms with Crippen LogP contribution in [-0.4, -0.2) is 56.5 Å². The standard InChI is InChI=1S/C31H35N5O5/c1-6-32-31(39)30-34-33-29(26-13-25(18(2)3)27(37)14-28(26)38)36(30)22-8-7-20-16-35(17-21(20)11-22)15-19-9-23(40-4)12-24(10-19)41-5/h7-14,18,37-38H,6,15-17H2,1-5H3,(H,32,39). The van der Waals surface area contributed by atoms with Crippen molar-refractivity contribution in [2.45, 2.75) is 46.3 Å². The van der Waals surface area contributed by atoms with Crippen LogP contribution < -0.4 is 14.8 Å². The Balaban J connectivity index is 1.52. The zero-order chi connectivity index (χ0) is 29.3. The minimum Gasteiger partial charge on any atom is -0.508 e. The van der Waals surface area contributed by atoms with Crippen LogP contribution in [0.3, 0.4) is 0 Å². The van der Waals surface area contributed by atoms with Crippen LogP contribution >= 0.6 is 0 Å². The van der Waals surface area contributed by atoms with Crippen molar-refractivity contribution in [3.63, 3.8) is 0 Å². The first-order valence-electron chi connectivity index (χ1n) is 13.6. The van der Waals surface area contributed by atoms with E-state index in [4.69, 9.17) is 9.47 Å². The van der Waals surface area contributed by atoms with Crippen molar-refractivity contribution in [3.05, 3.63) is 76.6 Å². The van der Waals surface area contributed by atoms with E-state index >= 15 is 0 Å². The lowest BCUT2D eigenvalue weighted by Gasteiger charge is -2.16. The SMILES string of the molecule is CCNC(=O)c1nnc(-c2cc(C(C)C)c(O)cc2O)n1-c1ccc2c(c1)CN(Cc1cc(OC)cc(OC)c1)C2. The van der Waals surface area contributed by atoms with Crippen LogP contribution in [0.4, 0.5) is 0 Å². The second-order valence-electron chi connectivity index (χ2n) is 10.4. The molecule has 10 nitrogen and oxygen atoms in total. The Morgan fingerprint density at radius 3 is 2.32 bits per heavy atom. The highest BCUT2D eigenvalue weighted by atomic mass is 16.5. The summed E-state index contributed by atoms with van der Waals surface area (Å²) < 4.78 is 12.5. The number of aromatic hydroxyl groups is 2. The highest BCUT2D eigenvalue weighted by molar-refractivity contribution is 5.92. The van der Waals surface area contributed by atoms with Crippen molar-refractivity contribution >= 4 is 5.91 Å². The van der Waals surface area contributed by atoms with E-state index in [9.17, 15) is 15.0 Å². The van der Waals surface area contributed by atoms with E-state index in [2.05, 4.69) is 26.5 Å². The molecule has 1 aliphatic rings. The predicted octanol–water partition coefficient (Wildman–Crippen LogP) is 4.75. The number of benzene rings is 3. The molecule has 0 saturated heterocycles. The number of amides is 1. The maximum Gasteiger partial charge on any atom is 0.289 e. The Morgan fingerprint density at radius 1 is 0.951 bits per heavy atom. The second-order valence-corrected chi connectivity index (χ2v) is 10.4. The summed E-state index contributed by atoms with van der Waals surface area (Å²) in [6.07, 6.45) is 0. The van der Waals surface area contributed by atoms with Crippen LogP contribution in [0.15, 0.2) is 48.5 Å². The van der Waals surface area contributed by atoms with Crippen LogP contribution in [0, 0.1) is 0 Å². The van der Waals surface area contributed by atoms with Gasteiger partial charge in [0.2, 0.25) is 5.82 Å². The monoisotopic (exact) mass is 557 g/mol. The van der Waals surface area contributed by atoms with Crippen molar-refractivity contribution in [1.29, 1.82) is 0 Å². The zero-order valence-corrected chi connectivity index (χ0v) is 23.9. The van der Waals surface area contributed by atoms with Crippen LogP contribution in [0.1, 0.15) is 59.6 Å². The Hall–Kier alpha value is -4.57. The van der Waals surface area contributed by atoms with E-state index in [0.29, 0.717) is 42.3 Å². The van der Waals surface area contributed by atoms with Crippen LogP contribution in [0.5, 0.6) is 23.0 Å². The first-order chi connectivity index (χ1) is 19.7. The van der Waals surface area contributed by atoms with Crippen molar-refractivity contribution in [3.8, 4) is 40.1 Å². The molecule has 0 atom stereocenters. The summed E-state index contributed by atoms with van der Waals surface area (Å²) in [7, 11) is 3.28. The fourth-order valence-electron chi connectivity index (χ4n) is 5.24. The normalized spacial score (nSPS) is 12.9. The molecule has 10 heteroatoms. The van der Waals surface area contributed by atoms with Gasteiger partial charge in [0.1, 0.15) is 23.0 Å². The van der Waals surface area contributed by atoms with Crippen LogP contribution in [0.2, 0.25) is 0 Å². The Kier molecular flexibility index (Phi) is 7.85. The lowest BCUT2D eigenvalue weighted by molar-refractivity contribution is 0.0943. The molecule has 0 fully saturated rings. The minimum absolute atomic E-state index is 0.00235. The van der Waals surface area contributed by atoms with E-state index in [-0.39, 0.29) is 29.1 Å². The van der Waals surface area contributed by atoms with Gasteiger partial charge in [-0.1, -0.05) is 19.9 Å². The number of nitrogens with one attached hydrogen (secondary N) is 1. The smallest absolute Gasteiger partial charge is 0.289 e. The topological polar surface area (TPSA) is 122 Å². The summed E-state index contributed by atoms with van der Waals surface area (Å²) in [4.78, 5) is 15.3. The van der Waals surface area contributed by atoms with E-state index < -0.39 is 0 Å². The van der Waals surface area contributed by atoms with E-state index in [0.717, 1.165) is 29.2 Å². The van der Waals surface area contributed by atoms with Gasteiger partial charge in [0.05, 0.1) is 19.8 Å². The van der Waals surface area contributed by atoms with Gasteiger partial charge in [-0.25, -0.2) is 0 Å². The average Bonchev–Trinajstić information content (AvgIpc) is 3.56. The molecule has 0 saturated carbocycles. The van der Waals surface area contributed by atoms with Gasteiger partial charge in [-0.15, -0.1) is 10.2 Å². The first-order valence-corrected chi connectivity index (χ1v) is 13.6. The third-order valence-electron chi connectivity index (χ3n) is 7.26. The van der Waals surface area contributed by atoms with Gasteiger partial charge in [-0.05, 0) is 65.4 Å². The number of phenolic OH excluding ortho intramolecular Hbond substituents is 2. The summed E-state index contributed by atoms with van der Waals surface area (Å²) >= 11 is 0. The summed E-state index contributed by atoms with van der Waals surface area (Å²) in [6, 6.07) is 14.9. The fraction of sp³-hybridized carbons (Fsp3) is 0.323. The summed E-state index contributed by atoms with van der Waals surface area (Å²) in [5, 5.41) is 32.6. The average molecular weight is 558 g/mol. The Labute approximate surface area is 239 Å². The van der Waals surface area contributed by atoms with E-state index in [1.165, 1.54) is 11.6 Å². The molecule has 5 rings (SSSR count). The molecule has 41 heavy (non-hydrogen) atoms.